The van der Waals surface area contributed by atoms with E-state index in [0.717, 1.165) is 16.4 Å². The van der Waals surface area contributed by atoms with E-state index in [1.54, 1.807) is 11.3 Å². The maximum absolute atomic E-state index is 4.70. The van der Waals surface area contributed by atoms with Gasteiger partial charge in [-0.3, -0.25) is 0 Å². The lowest BCUT2D eigenvalue weighted by atomic mass is 10.1. The third kappa shape index (κ3) is 2.42. The molecule has 1 aromatic carbocycles. The fourth-order valence-electron chi connectivity index (χ4n) is 1.94. The third-order valence-electron chi connectivity index (χ3n) is 3.02. The molecule has 0 saturated carbocycles. The molecule has 0 N–H and O–H groups in total. The summed E-state index contributed by atoms with van der Waals surface area (Å²) >= 11 is 3.12. The molecule has 0 spiro atoms. The van der Waals surface area contributed by atoms with E-state index in [4.69, 9.17) is 4.98 Å². The minimum Gasteiger partial charge on any atom is -0.236 e. The fraction of sp³-hybridized carbons (Fsp3) is 0.133. The lowest BCUT2D eigenvalue weighted by Crippen LogP contribution is -1.84. The van der Waals surface area contributed by atoms with Gasteiger partial charge in [-0.2, -0.15) is 0 Å². The molecule has 20 heavy (non-hydrogen) atoms. The predicted octanol–water partition coefficient (Wildman–Crippen LogP) is 4.88. The molecular weight excluding hydrogens is 286 g/mol. The van der Waals surface area contributed by atoms with Crippen molar-refractivity contribution >= 4 is 34.5 Å². The number of hydrogen-bond acceptors (Lipinski definition) is 5. The maximum atomic E-state index is 4.70. The monoisotopic (exact) mass is 299 g/mol. The molecule has 0 unspecified atom stereocenters. The SMILES string of the molecule is C=Nc1nc(-c2csc(-c3cc(C)ccc3C)n2)cs1. The molecule has 0 fully saturated rings. The summed E-state index contributed by atoms with van der Waals surface area (Å²) in [7, 11) is 0. The summed E-state index contributed by atoms with van der Waals surface area (Å²) < 4.78 is 0. The fourth-order valence-corrected chi connectivity index (χ4v) is 3.45. The van der Waals surface area contributed by atoms with E-state index < -0.39 is 0 Å². The second-order valence-corrected chi connectivity index (χ2v) is 6.22. The van der Waals surface area contributed by atoms with Crippen molar-refractivity contribution in [1.29, 1.82) is 0 Å². The summed E-state index contributed by atoms with van der Waals surface area (Å²) in [6, 6.07) is 6.43. The van der Waals surface area contributed by atoms with E-state index in [-0.39, 0.29) is 0 Å². The van der Waals surface area contributed by atoms with Gasteiger partial charge in [-0.1, -0.05) is 17.7 Å². The largest absolute Gasteiger partial charge is 0.236 e. The molecule has 3 rings (SSSR count). The van der Waals surface area contributed by atoms with Gasteiger partial charge in [0.1, 0.15) is 16.4 Å². The highest BCUT2D eigenvalue weighted by Crippen LogP contribution is 2.32. The first kappa shape index (κ1) is 13.1. The first-order valence-corrected chi connectivity index (χ1v) is 7.89. The van der Waals surface area contributed by atoms with E-state index in [1.807, 2.05) is 10.8 Å². The number of aliphatic imine (C=N–C) groups is 1. The molecule has 0 radical (unpaired) electrons. The van der Waals surface area contributed by atoms with Crippen molar-refractivity contribution in [2.75, 3.05) is 0 Å². The van der Waals surface area contributed by atoms with Crippen LogP contribution in [-0.2, 0) is 0 Å². The van der Waals surface area contributed by atoms with Gasteiger partial charge in [0.05, 0.1) is 0 Å². The number of thiazole rings is 2. The smallest absolute Gasteiger partial charge is 0.209 e. The van der Waals surface area contributed by atoms with Gasteiger partial charge in [0.15, 0.2) is 0 Å². The zero-order valence-corrected chi connectivity index (χ0v) is 12.9. The van der Waals surface area contributed by atoms with Gasteiger partial charge in [0.25, 0.3) is 0 Å². The maximum Gasteiger partial charge on any atom is 0.209 e. The van der Waals surface area contributed by atoms with Crippen LogP contribution in [0.3, 0.4) is 0 Å². The standard InChI is InChI=1S/C15H13N3S2/c1-9-4-5-10(2)11(6-9)14-17-12(7-19-14)13-8-20-15(16-3)18-13/h4-8H,3H2,1-2H3. The molecule has 0 atom stereocenters. The van der Waals surface area contributed by atoms with Crippen molar-refractivity contribution in [2.24, 2.45) is 4.99 Å². The summed E-state index contributed by atoms with van der Waals surface area (Å²) in [5.41, 5.74) is 5.44. The Bertz CT molecular complexity index is 771. The van der Waals surface area contributed by atoms with Gasteiger partial charge in [-0.25, -0.2) is 15.0 Å². The first-order chi connectivity index (χ1) is 9.67. The average molecular weight is 299 g/mol. The molecule has 0 aliphatic rings. The van der Waals surface area contributed by atoms with Crippen molar-refractivity contribution in [2.45, 2.75) is 13.8 Å². The van der Waals surface area contributed by atoms with Crippen LogP contribution in [0.5, 0.6) is 0 Å². The van der Waals surface area contributed by atoms with Crippen molar-refractivity contribution in [3.05, 3.63) is 40.1 Å². The lowest BCUT2D eigenvalue weighted by molar-refractivity contribution is 1.30. The molecule has 5 heteroatoms. The molecule has 0 bridgehead atoms. The van der Waals surface area contributed by atoms with E-state index in [2.05, 4.69) is 48.7 Å². The highest BCUT2D eigenvalue weighted by atomic mass is 32.1. The molecular formula is C15H13N3S2. The summed E-state index contributed by atoms with van der Waals surface area (Å²) in [6.07, 6.45) is 0. The van der Waals surface area contributed by atoms with Crippen LogP contribution >= 0.6 is 22.7 Å². The molecule has 0 saturated heterocycles. The Morgan fingerprint density at radius 3 is 2.55 bits per heavy atom. The Labute approximate surface area is 125 Å². The van der Waals surface area contributed by atoms with Crippen LogP contribution in [0, 0.1) is 13.8 Å². The molecule has 3 aromatic rings. The van der Waals surface area contributed by atoms with E-state index in [9.17, 15) is 0 Å². The average Bonchev–Trinajstić information content (AvgIpc) is 3.09. The Kier molecular flexibility index (Phi) is 3.46. The van der Waals surface area contributed by atoms with Gasteiger partial charge >= 0.3 is 0 Å². The molecule has 3 nitrogen and oxygen atoms in total. The number of benzene rings is 1. The molecule has 2 aromatic heterocycles. The van der Waals surface area contributed by atoms with Gasteiger partial charge < -0.3 is 0 Å². The summed E-state index contributed by atoms with van der Waals surface area (Å²) in [5.74, 6) is 0. The van der Waals surface area contributed by atoms with Crippen molar-refractivity contribution < 1.29 is 0 Å². The Morgan fingerprint density at radius 1 is 1.05 bits per heavy atom. The van der Waals surface area contributed by atoms with E-state index in [1.165, 1.54) is 28.0 Å². The molecule has 0 aliphatic carbocycles. The topological polar surface area (TPSA) is 38.1 Å². The number of aryl methyl sites for hydroxylation is 2. The Hall–Kier alpha value is -1.85. The number of aromatic nitrogens is 2. The normalized spacial score (nSPS) is 10.7. The molecule has 0 amide bonds. The van der Waals surface area contributed by atoms with Gasteiger partial charge in [0.2, 0.25) is 5.13 Å². The van der Waals surface area contributed by atoms with Crippen LogP contribution < -0.4 is 0 Å². The van der Waals surface area contributed by atoms with Gasteiger partial charge in [0, 0.05) is 16.3 Å². The van der Waals surface area contributed by atoms with Crippen molar-refractivity contribution in [3.8, 4) is 22.0 Å². The van der Waals surface area contributed by atoms with Crippen LogP contribution in [-0.4, -0.2) is 16.7 Å². The minimum absolute atomic E-state index is 0.682. The first-order valence-electron chi connectivity index (χ1n) is 6.13. The number of nitrogens with zero attached hydrogens (tertiary/aromatic N) is 3. The second kappa shape index (κ2) is 5.26. The predicted molar refractivity (Wildman–Crippen MR) is 87.3 cm³/mol. The van der Waals surface area contributed by atoms with Crippen LogP contribution in [0.1, 0.15) is 11.1 Å². The molecule has 2 heterocycles. The Balaban J connectivity index is 2.01. The number of hydrogen-bond donors (Lipinski definition) is 0. The van der Waals surface area contributed by atoms with E-state index in [0.29, 0.717) is 5.13 Å². The van der Waals surface area contributed by atoms with Gasteiger partial charge in [-0.15, -0.1) is 22.7 Å². The van der Waals surface area contributed by atoms with Gasteiger partial charge in [-0.05, 0) is 32.2 Å². The third-order valence-corrected chi connectivity index (χ3v) is 4.67. The molecule has 100 valence electrons. The summed E-state index contributed by atoms with van der Waals surface area (Å²) in [6.45, 7) is 7.70. The quantitative estimate of drug-likeness (QED) is 0.646. The van der Waals surface area contributed by atoms with Crippen LogP contribution in [0.25, 0.3) is 22.0 Å². The number of rotatable bonds is 3. The molecule has 0 aliphatic heterocycles. The highest BCUT2D eigenvalue weighted by Gasteiger charge is 2.11. The van der Waals surface area contributed by atoms with Crippen LogP contribution in [0.15, 0.2) is 34.0 Å². The van der Waals surface area contributed by atoms with Crippen LogP contribution in [0.4, 0.5) is 5.13 Å². The van der Waals surface area contributed by atoms with Crippen molar-refractivity contribution in [3.63, 3.8) is 0 Å². The second-order valence-electron chi connectivity index (χ2n) is 4.53. The van der Waals surface area contributed by atoms with Crippen LogP contribution in [0.2, 0.25) is 0 Å². The lowest BCUT2D eigenvalue weighted by Gasteiger charge is -2.03. The summed E-state index contributed by atoms with van der Waals surface area (Å²) in [4.78, 5) is 12.9. The minimum atomic E-state index is 0.682. The zero-order chi connectivity index (χ0) is 14.1. The highest BCUT2D eigenvalue weighted by molar-refractivity contribution is 7.14. The van der Waals surface area contributed by atoms with Crippen molar-refractivity contribution in [1.82, 2.24) is 9.97 Å². The zero-order valence-electron chi connectivity index (χ0n) is 11.3. The Morgan fingerprint density at radius 2 is 1.80 bits per heavy atom. The summed E-state index contributed by atoms with van der Waals surface area (Å²) in [5, 5.41) is 5.72. The van der Waals surface area contributed by atoms with E-state index >= 15 is 0 Å².